The Morgan fingerprint density at radius 1 is 1.14 bits per heavy atom. The van der Waals surface area contributed by atoms with Crippen LogP contribution in [0.25, 0.3) is 0 Å². The molecule has 35 heavy (non-hydrogen) atoms. The summed E-state index contributed by atoms with van der Waals surface area (Å²) < 4.78 is 4.14. The molecule has 7 nitrogen and oxygen atoms in total. The Kier molecular flexibility index (Phi) is 7.72. The molecule has 4 aliphatic rings. The van der Waals surface area contributed by atoms with E-state index in [2.05, 4.69) is 19.1 Å². The van der Waals surface area contributed by atoms with Gasteiger partial charge in [-0.25, -0.2) is 0 Å². The summed E-state index contributed by atoms with van der Waals surface area (Å²) in [4.78, 5) is 45.5. The van der Waals surface area contributed by atoms with Crippen molar-refractivity contribution in [3.05, 3.63) is 24.3 Å². The number of unbranched alkanes of at least 4 members (excludes halogenated alkanes) is 1. The summed E-state index contributed by atoms with van der Waals surface area (Å²) in [5.41, 5.74) is 0. The number of cyclic esters (lactones) is 1. The Bertz CT molecular complexity index is 904. The van der Waals surface area contributed by atoms with Crippen LogP contribution in [0.3, 0.4) is 0 Å². The number of carbonyl (C=O) groups excluding carboxylic acids is 3. The lowest BCUT2D eigenvalue weighted by Gasteiger charge is -2.41. The second-order valence-electron chi connectivity index (χ2n) is 10.8. The Morgan fingerprint density at radius 2 is 1.91 bits per heavy atom. The van der Waals surface area contributed by atoms with E-state index in [-0.39, 0.29) is 30.3 Å². The van der Waals surface area contributed by atoms with Crippen LogP contribution in [-0.4, -0.2) is 80.6 Å². The first-order valence-electron chi connectivity index (χ1n) is 13.2. The van der Waals surface area contributed by atoms with Crippen molar-refractivity contribution in [3.8, 4) is 0 Å². The van der Waals surface area contributed by atoms with E-state index in [0.29, 0.717) is 19.7 Å². The van der Waals surface area contributed by atoms with Crippen molar-refractivity contribution in [1.82, 2.24) is 9.80 Å². The highest BCUT2D eigenvalue weighted by atomic mass is 32.2. The molecule has 1 N–H and O–H groups in total. The fourth-order valence-corrected chi connectivity index (χ4v) is 8.45. The van der Waals surface area contributed by atoms with Gasteiger partial charge in [0, 0.05) is 17.8 Å². The second kappa shape index (κ2) is 10.3. The molecule has 0 radical (unpaired) electrons. The molecule has 8 heteroatoms. The van der Waals surface area contributed by atoms with Crippen LogP contribution in [0.5, 0.6) is 0 Å². The van der Waals surface area contributed by atoms with E-state index < -0.39 is 33.4 Å². The highest BCUT2D eigenvalue weighted by molar-refractivity contribution is 8.02. The maximum atomic E-state index is 14.3. The SMILES string of the molecule is CCCCN1CC=C[C@]23S[C@@]4(C)/C=C\CCCCOC(=O)[C@H]4[C@H]2C(=O)N([C@@H](CO)C(C)C)C3C1=O. The summed E-state index contributed by atoms with van der Waals surface area (Å²) in [6, 6.07) is -1.27. The average Bonchev–Trinajstić information content (AvgIpc) is 3.14. The molecule has 2 fully saturated rings. The minimum absolute atomic E-state index is 0.0452. The molecular weight excluding hydrogens is 464 g/mol. The zero-order valence-electron chi connectivity index (χ0n) is 21.4. The Balaban J connectivity index is 1.87. The van der Waals surface area contributed by atoms with E-state index in [4.69, 9.17) is 4.74 Å². The van der Waals surface area contributed by atoms with Gasteiger partial charge in [0.15, 0.2) is 0 Å². The monoisotopic (exact) mass is 504 g/mol. The van der Waals surface area contributed by atoms with Crippen molar-refractivity contribution in [1.29, 1.82) is 0 Å². The van der Waals surface area contributed by atoms with Crippen LogP contribution >= 0.6 is 11.8 Å². The van der Waals surface area contributed by atoms with Gasteiger partial charge < -0.3 is 19.6 Å². The second-order valence-corrected chi connectivity index (χ2v) is 12.6. The molecule has 4 rings (SSSR count). The third-order valence-corrected chi connectivity index (χ3v) is 9.91. The van der Waals surface area contributed by atoms with Gasteiger partial charge in [-0.05, 0) is 38.5 Å². The Morgan fingerprint density at radius 3 is 2.60 bits per heavy atom. The lowest BCUT2D eigenvalue weighted by molar-refractivity contribution is -0.155. The zero-order valence-corrected chi connectivity index (χ0v) is 22.3. The highest BCUT2D eigenvalue weighted by Crippen LogP contribution is 2.65. The van der Waals surface area contributed by atoms with Crippen molar-refractivity contribution in [2.45, 2.75) is 81.4 Å². The molecule has 0 saturated carbocycles. The first-order chi connectivity index (χ1) is 16.7. The number of esters is 1. The van der Waals surface area contributed by atoms with Crippen molar-refractivity contribution < 1.29 is 24.2 Å². The average molecular weight is 505 g/mol. The molecule has 0 aromatic rings. The predicted octanol–water partition coefficient (Wildman–Crippen LogP) is 3.17. The predicted molar refractivity (Wildman–Crippen MR) is 137 cm³/mol. The van der Waals surface area contributed by atoms with Crippen LogP contribution in [0.2, 0.25) is 0 Å². The van der Waals surface area contributed by atoms with E-state index in [1.54, 1.807) is 16.7 Å². The largest absolute Gasteiger partial charge is 0.465 e. The molecule has 6 atom stereocenters. The molecule has 0 aromatic carbocycles. The summed E-state index contributed by atoms with van der Waals surface area (Å²) in [5.74, 6) is -2.14. The van der Waals surface area contributed by atoms with E-state index in [1.165, 1.54) is 0 Å². The number of hydrogen-bond acceptors (Lipinski definition) is 6. The van der Waals surface area contributed by atoms with Gasteiger partial charge in [0.2, 0.25) is 11.8 Å². The lowest BCUT2D eigenvalue weighted by atomic mass is 9.74. The molecular formula is C27H40N2O5S. The molecule has 2 amide bonds. The number of rotatable bonds is 6. The maximum absolute atomic E-state index is 14.3. The fraction of sp³-hybridized carbons (Fsp3) is 0.741. The maximum Gasteiger partial charge on any atom is 0.311 e. The van der Waals surface area contributed by atoms with Gasteiger partial charge in [-0.2, -0.15) is 0 Å². The molecule has 0 aromatic heterocycles. The zero-order chi connectivity index (χ0) is 25.4. The topological polar surface area (TPSA) is 87.2 Å². The van der Waals surface area contributed by atoms with E-state index in [1.807, 2.05) is 37.8 Å². The number of hydrogen-bond donors (Lipinski definition) is 1. The van der Waals surface area contributed by atoms with Crippen LogP contribution in [0.4, 0.5) is 0 Å². The number of aliphatic hydroxyl groups excluding tert-OH is 1. The molecule has 1 unspecified atom stereocenters. The van der Waals surface area contributed by atoms with Crippen molar-refractivity contribution in [2.75, 3.05) is 26.3 Å². The van der Waals surface area contributed by atoms with E-state index in [9.17, 15) is 19.5 Å². The lowest BCUT2D eigenvalue weighted by Crippen LogP contribution is -2.58. The Labute approximate surface area is 213 Å². The minimum atomic E-state index is -0.895. The molecule has 2 saturated heterocycles. The first kappa shape index (κ1) is 26.3. The molecule has 1 spiro atoms. The van der Waals surface area contributed by atoms with Gasteiger partial charge in [0.25, 0.3) is 0 Å². The van der Waals surface area contributed by atoms with Crippen LogP contribution in [0.15, 0.2) is 24.3 Å². The fourth-order valence-electron chi connectivity index (χ4n) is 6.31. The smallest absolute Gasteiger partial charge is 0.311 e. The van der Waals surface area contributed by atoms with Gasteiger partial charge in [-0.1, -0.05) is 51.5 Å². The van der Waals surface area contributed by atoms with E-state index in [0.717, 1.165) is 32.1 Å². The third-order valence-electron chi connectivity index (χ3n) is 8.12. The Hall–Kier alpha value is -1.80. The number of nitrogens with zero attached hydrogens (tertiary/aromatic N) is 2. The summed E-state index contributed by atoms with van der Waals surface area (Å²) >= 11 is 1.57. The van der Waals surface area contributed by atoms with Crippen molar-refractivity contribution in [2.24, 2.45) is 17.8 Å². The molecule has 4 heterocycles. The van der Waals surface area contributed by atoms with Crippen molar-refractivity contribution >= 4 is 29.5 Å². The normalized spacial score (nSPS) is 37.0. The van der Waals surface area contributed by atoms with Crippen molar-refractivity contribution in [3.63, 3.8) is 0 Å². The first-order valence-corrected chi connectivity index (χ1v) is 14.0. The number of ether oxygens (including phenoxy) is 1. The number of amides is 2. The third kappa shape index (κ3) is 4.35. The molecule has 0 bridgehead atoms. The summed E-state index contributed by atoms with van der Waals surface area (Å²) in [6.07, 6.45) is 12.7. The van der Waals surface area contributed by atoms with Gasteiger partial charge in [0.05, 0.1) is 35.8 Å². The van der Waals surface area contributed by atoms with Gasteiger partial charge in [-0.15, -0.1) is 11.8 Å². The summed E-state index contributed by atoms with van der Waals surface area (Å²) in [7, 11) is 0. The number of carbonyl (C=O) groups is 3. The number of likely N-dealkylation sites (tertiary alicyclic amines) is 1. The summed E-state index contributed by atoms with van der Waals surface area (Å²) in [5, 5.41) is 10.3. The number of fused-ring (bicyclic) bond motifs is 2. The molecule has 194 valence electrons. The van der Waals surface area contributed by atoms with Crippen LogP contribution in [0.1, 0.15) is 59.8 Å². The van der Waals surface area contributed by atoms with Gasteiger partial charge >= 0.3 is 5.97 Å². The van der Waals surface area contributed by atoms with Gasteiger partial charge in [0.1, 0.15) is 6.04 Å². The quantitative estimate of drug-likeness (QED) is 0.442. The molecule has 0 aliphatic carbocycles. The van der Waals surface area contributed by atoms with Crippen LogP contribution in [-0.2, 0) is 19.1 Å². The van der Waals surface area contributed by atoms with Crippen LogP contribution in [0, 0.1) is 17.8 Å². The van der Waals surface area contributed by atoms with Crippen LogP contribution < -0.4 is 0 Å². The number of allylic oxidation sites excluding steroid dienone is 1. The molecule has 4 aliphatic heterocycles. The highest BCUT2D eigenvalue weighted by Gasteiger charge is 2.74. The number of aliphatic hydroxyl groups is 1. The minimum Gasteiger partial charge on any atom is -0.465 e. The summed E-state index contributed by atoms with van der Waals surface area (Å²) in [6.45, 7) is 9.23. The van der Waals surface area contributed by atoms with E-state index >= 15 is 0 Å². The van der Waals surface area contributed by atoms with Gasteiger partial charge in [-0.3, -0.25) is 14.4 Å². The standard InChI is InChI=1S/C27H40N2O5S/c1-5-6-14-28-15-11-13-27-20(23(31)29(22(27)24(28)32)19(17-30)18(2)3)21-25(33)34-16-10-8-7-9-12-26(21,4)35-27/h9,11-13,18-22,30H,5-8,10,14-17H2,1-4H3/b12-9-/t19-,20-,21+,22?,26-,27-/m0/s1. The number of thioether (sulfide) groups is 1.